The summed E-state index contributed by atoms with van der Waals surface area (Å²) in [6.07, 6.45) is 0. The maximum absolute atomic E-state index is 12.2. The first-order chi connectivity index (χ1) is 9.97. The Labute approximate surface area is 121 Å². The molecule has 0 radical (unpaired) electrons. The topological polar surface area (TPSA) is 38.3 Å². The van der Waals surface area contributed by atoms with Gasteiger partial charge in [0.1, 0.15) is 5.75 Å². The molecule has 0 heterocycles. The molecule has 2 aromatic carbocycles. The number of nitrogens with one attached hydrogen (secondary N) is 1. The summed E-state index contributed by atoms with van der Waals surface area (Å²) in [5.74, 6) is -0.187. The van der Waals surface area contributed by atoms with Crippen molar-refractivity contribution in [3.63, 3.8) is 0 Å². The van der Waals surface area contributed by atoms with Gasteiger partial charge in [-0.3, -0.25) is 4.79 Å². The Morgan fingerprint density at radius 1 is 1.10 bits per heavy atom. The molecular weight excluding hydrogens is 276 g/mol. The number of carbonyl (C=O) groups excluding carboxylic acids is 1. The predicted octanol–water partition coefficient (Wildman–Crippen LogP) is 4.16. The first-order valence-electron chi connectivity index (χ1n) is 6.40. The zero-order valence-electron chi connectivity index (χ0n) is 11.7. The van der Waals surface area contributed by atoms with E-state index in [1.807, 2.05) is 26.0 Å². The van der Waals surface area contributed by atoms with Gasteiger partial charge < -0.3 is 10.1 Å². The molecule has 5 heteroatoms. The van der Waals surface area contributed by atoms with Crippen molar-refractivity contribution in [2.24, 2.45) is 0 Å². The highest BCUT2D eigenvalue weighted by molar-refractivity contribution is 6.05. The highest BCUT2D eigenvalue weighted by Gasteiger charge is 2.10. The molecule has 0 bridgehead atoms. The van der Waals surface area contributed by atoms with Crippen molar-refractivity contribution < 1.29 is 18.3 Å². The summed E-state index contributed by atoms with van der Waals surface area (Å²) < 4.78 is 28.3. The minimum absolute atomic E-state index is 0.0507. The number of alkyl halides is 2. The number of rotatable bonds is 4. The van der Waals surface area contributed by atoms with Gasteiger partial charge in [0.05, 0.1) is 0 Å². The van der Waals surface area contributed by atoms with Crippen molar-refractivity contribution >= 4 is 11.6 Å². The molecule has 0 aliphatic rings. The average molecular weight is 291 g/mol. The number of aryl methyl sites for hydroxylation is 1. The molecule has 0 saturated heterocycles. The molecule has 21 heavy (non-hydrogen) atoms. The zero-order chi connectivity index (χ0) is 15.4. The van der Waals surface area contributed by atoms with Crippen LogP contribution in [0.4, 0.5) is 14.5 Å². The van der Waals surface area contributed by atoms with Crippen LogP contribution in [0.5, 0.6) is 5.75 Å². The van der Waals surface area contributed by atoms with Crippen LogP contribution in [0, 0.1) is 13.8 Å². The molecule has 0 aromatic heterocycles. The summed E-state index contributed by atoms with van der Waals surface area (Å²) in [7, 11) is 0. The van der Waals surface area contributed by atoms with Crippen molar-refractivity contribution in [2.45, 2.75) is 20.5 Å². The van der Waals surface area contributed by atoms with E-state index in [0.717, 1.165) is 11.1 Å². The summed E-state index contributed by atoms with van der Waals surface area (Å²) in [5, 5.41) is 2.72. The lowest BCUT2D eigenvalue weighted by atomic mass is 10.0. The Balaban J connectivity index is 2.11. The van der Waals surface area contributed by atoms with Crippen LogP contribution >= 0.6 is 0 Å². The highest BCUT2D eigenvalue weighted by Crippen LogP contribution is 2.19. The molecule has 0 fully saturated rings. The smallest absolute Gasteiger partial charge is 0.387 e. The number of hydrogen-bond donors (Lipinski definition) is 1. The minimum Gasteiger partial charge on any atom is -0.435 e. The monoisotopic (exact) mass is 291 g/mol. The first kappa shape index (κ1) is 15.0. The van der Waals surface area contributed by atoms with E-state index in [1.54, 1.807) is 6.07 Å². The molecule has 2 rings (SSSR count). The van der Waals surface area contributed by atoms with E-state index in [9.17, 15) is 13.6 Å². The summed E-state index contributed by atoms with van der Waals surface area (Å²) >= 11 is 0. The van der Waals surface area contributed by atoms with E-state index in [4.69, 9.17) is 0 Å². The SMILES string of the molecule is Cc1cccc(C(=O)Nc2ccc(OC(F)F)cc2)c1C. The molecule has 0 atom stereocenters. The highest BCUT2D eigenvalue weighted by atomic mass is 19.3. The van der Waals surface area contributed by atoms with Crippen molar-refractivity contribution in [2.75, 3.05) is 5.32 Å². The standard InChI is InChI=1S/C16H15F2NO2/c1-10-4-3-5-14(11(10)2)15(20)19-12-6-8-13(9-7-12)21-16(17)18/h3-9,16H,1-2H3,(H,19,20). The lowest BCUT2D eigenvalue weighted by molar-refractivity contribution is -0.0498. The average Bonchev–Trinajstić information content (AvgIpc) is 2.43. The van der Waals surface area contributed by atoms with E-state index in [-0.39, 0.29) is 11.7 Å². The Kier molecular flexibility index (Phi) is 4.52. The lowest BCUT2D eigenvalue weighted by Crippen LogP contribution is -2.13. The Morgan fingerprint density at radius 2 is 1.76 bits per heavy atom. The number of benzene rings is 2. The van der Waals surface area contributed by atoms with Gasteiger partial charge in [-0.2, -0.15) is 8.78 Å². The van der Waals surface area contributed by atoms with E-state index in [2.05, 4.69) is 10.1 Å². The number of halogens is 2. The maximum Gasteiger partial charge on any atom is 0.387 e. The zero-order valence-corrected chi connectivity index (χ0v) is 11.7. The van der Waals surface area contributed by atoms with Crippen LogP contribution < -0.4 is 10.1 Å². The van der Waals surface area contributed by atoms with E-state index in [0.29, 0.717) is 11.3 Å². The largest absolute Gasteiger partial charge is 0.435 e. The Morgan fingerprint density at radius 3 is 2.38 bits per heavy atom. The number of hydrogen-bond acceptors (Lipinski definition) is 2. The molecule has 110 valence electrons. The molecule has 2 aromatic rings. The summed E-state index contributed by atoms with van der Waals surface area (Å²) in [4.78, 5) is 12.2. The molecule has 1 N–H and O–H groups in total. The van der Waals surface area contributed by atoms with Crippen molar-refractivity contribution in [3.05, 3.63) is 59.2 Å². The second-order valence-corrected chi connectivity index (χ2v) is 4.60. The van der Waals surface area contributed by atoms with Crippen LogP contribution in [-0.4, -0.2) is 12.5 Å². The Hall–Kier alpha value is -2.43. The summed E-state index contributed by atoms with van der Waals surface area (Å²) in [6.45, 7) is 0.951. The van der Waals surface area contributed by atoms with Gasteiger partial charge in [-0.05, 0) is 55.3 Å². The van der Waals surface area contributed by atoms with Crippen LogP contribution in [0.1, 0.15) is 21.5 Å². The van der Waals surface area contributed by atoms with Crippen molar-refractivity contribution in [3.8, 4) is 5.75 Å². The lowest BCUT2D eigenvalue weighted by Gasteiger charge is -2.10. The molecule has 0 saturated carbocycles. The minimum atomic E-state index is -2.86. The van der Waals surface area contributed by atoms with Gasteiger partial charge in [0.2, 0.25) is 0 Å². The molecule has 3 nitrogen and oxygen atoms in total. The van der Waals surface area contributed by atoms with Gasteiger partial charge in [-0.15, -0.1) is 0 Å². The van der Waals surface area contributed by atoms with E-state index in [1.165, 1.54) is 24.3 Å². The number of ether oxygens (including phenoxy) is 1. The molecule has 0 unspecified atom stereocenters. The van der Waals surface area contributed by atoms with Gasteiger partial charge >= 0.3 is 6.61 Å². The maximum atomic E-state index is 12.2. The van der Waals surface area contributed by atoms with Gasteiger partial charge in [0.15, 0.2) is 0 Å². The van der Waals surface area contributed by atoms with Gasteiger partial charge in [-0.1, -0.05) is 12.1 Å². The number of anilines is 1. The normalized spacial score (nSPS) is 10.5. The first-order valence-corrected chi connectivity index (χ1v) is 6.40. The second-order valence-electron chi connectivity index (χ2n) is 4.60. The van der Waals surface area contributed by atoms with Crippen LogP contribution in [0.2, 0.25) is 0 Å². The molecule has 1 amide bonds. The molecular formula is C16H15F2NO2. The van der Waals surface area contributed by atoms with E-state index < -0.39 is 6.61 Å². The molecule has 0 spiro atoms. The molecule has 0 aliphatic carbocycles. The van der Waals surface area contributed by atoms with Gasteiger partial charge in [0.25, 0.3) is 5.91 Å². The molecule has 0 aliphatic heterocycles. The fraction of sp³-hybridized carbons (Fsp3) is 0.188. The third-order valence-electron chi connectivity index (χ3n) is 3.19. The third kappa shape index (κ3) is 3.78. The van der Waals surface area contributed by atoms with Crippen LogP contribution in [-0.2, 0) is 0 Å². The predicted molar refractivity (Wildman–Crippen MR) is 76.9 cm³/mol. The quantitative estimate of drug-likeness (QED) is 0.918. The third-order valence-corrected chi connectivity index (χ3v) is 3.19. The fourth-order valence-electron chi connectivity index (χ4n) is 1.92. The van der Waals surface area contributed by atoms with Crippen LogP contribution in [0.15, 0.2) is 42.5 Å². The Bertz CT molecular complexity index is 639. The van der Waals surface area contributed by atoms with Gasteiger partial charge in [-0.25, -0.2) is 0 Å². The number of carbonyl (C=O) groups is 1. The van der Waals surface area contributed by atoms with Crippen LogP contribution in [0.3, 0.4) is 0 Å². The van der Waals surface area contributed by atoms with Gasteiger partial charge in [0, 0.05) is 11.3 Å². The number of amides is 1. The van der Waals surface area contributed by atoms with Crippen molar-refractivity contribution in [1.29, 1.82) is 0 Å². The second kappa shape index (κ2) is 6.35. The fourth-order valence-corrected chi connectivity index (χ4v) is 1.92. The van der Waals surface area contributed by atoms with Crippen LogP contribution in [0.25, 0.3) is 0 Å². The summed E-state index contributed by atoms with van der Waals surface area (Å²) in [6, 6.07) is 11.3. The van der Waals surface area contributed by atoms with E-state index >= 15 is 0 Å². The van der Waals surface area contributed by atoms with Crippen molar-refractivity contribution in [1.82, 2.24) is 0 Å². The summed E-state index contributed by atoms with van der Waals surface area (Å²) in [5.41, 5.74) is 3.04.